The Labute approximate surface area is 90.5 Å². The number of H-pyrrole nitrogens is 1. The third-order valence-electron chi connectivity index (χ3n) is 2.80. The van der Waals surface area contributed by atoms with Gasteiger partial charge in [0.2, 0.25) is 0 Å². The van der Waals surface area contributed by atoms with Crippen LogP contribution in [0.4, 0.5) is 0 Å². The van der Waals surface area contributed by atoms with Crippen molar-refractivity contribution in [1.29, 1.82) is 0 Å². The molecule has 3 N–H and O–H groups in total. The van der Waals surface area contributed by atoms with Gasteiger partial charge in [-0.05, 0) is 44.4 Å². The summed E-state index contributed by atoms with van der Waals surface area (Å²) in [6, 6.07) is 6.74. The summed E-state index contributed by atoms with van der Waals surface area (Å²) in [5.74, 6) is 0. The normalized spacial score (nSPS) is 13.3. The van der Waals surface area contributed by atoms with E-state index in [1.807, 2.05) is 6.92 Å². The van der Waals surface area contributed by atoms with E-state index in [4.69, 9.17) is 5.73 Å². The zero-order valence-electron chi connectivity index (χ0n) is 9.59. The van der Waals surface area contributed by atoms with Crippen LogP contribution in [0.1, 0.15) is 23.7 Å². The molecule has 80 valence electrons. The van der Waals surface area contributed by atoms with E-state index in [9.17, 15) is 0 Å². The van der Waals surface area contributed by atoms with Crippen molar-refractivity contribution in [3.63, 3.8) is 0 Å². The number of hydrogen-bond acceptors (Lipinski definition) is 1. The maximum atomic E-state index is 5.86. The van der Waals surface area contributed by atoms with E-state index in [0.717, 1.165) is 6.42 Å². The molecule has 0 amide bonds. The highest BCUT2D eigenvalue weighted by Gasteiger charge is 2.09. The van der Waals surface area contributed by atoms with Crippen molar-refractivity contribution in [3.05, 3.63) is 35.0 Å². The Balaban J connectivity index is 2.58. The number of hydrogen-bond donors (Lipinski definition) is 2. The SMILES string of the molecule is Cc1ccc2c(C[C@H](C)N)c(C)[nH]c2c1. The molecule has 0 aliphatic heterocycles. The summed E-state index contributed by atoms with van der Waals surface area (Å²) in [4.78, 5) is 3.42. The predicted octanol–water partition coefficient (Wildman–Crippen LogP) is 2.67. The summed E-state index contributed by atoms with van der Waals surface area (Å²) in [5.41, 5.74) is 11.0. The third kappa shape index (κ3) is 1.90. The summed E-state index contributed by atoms with van der Waals surface area (Å²) in [6.07, 6.45) is 0.939. The number of aromatic amines is 1. The van der Waals surface area contributed by atoms with E-state index in [1.165, 1.54) is 27.7 Å². The molecule has 0 saturated heterocycles. The zero-order chi connectivity index (χ0) is 11.0. The first kappa shape index (κ1) is 10.2. The van der Waals surface area contributed by atoms with E-state index in [2.05, 4.69) is 37.0 Å². The Morgan fingerprint density at radius 2 is 2.07 bits per heavy atom. The van der Waals surface area contributed by atoms with Crippen LogP contribution >= 0.6 is 0 Å². The monoisotopic (exact) mass is 202 g/mol. The van der Waals surface area contributed by atoms with Crippen molar-refractivity contribution in [1.82, 2.24) is 4.98 Å². The van der Waals surface area contributed by atoms with Crippen LogP contribution in [0.3, 0.4) is 0 Å². The fourth-order valence-corrected chi connectivity index (χ4v) is 2.09. The second kappa shape index (κ2) is 3.70. The van der Waals surface area contributed by atoms with Gasteiger partial charge in [-0.15, -0.1) is 0 Å². The topological polar surface area (TPSA) is 41.8 Å². The molecule has 0 fully saturated rings. The lowest BCUT2D eigenvalue weighted by molar-refractivity contribution is 0.738. The molecule has 0 bridgehead atoms. The van der Waals surface area contributed by atoms with Gasteiger partial charge in [-0.3, -0.25) is 0 Å². The Morgan fingerprint density at radius 3 is 2.73 bits per heavy atom. The van der Waals surface area contributed by atoms with E-state index in [1.54, 1.807) is 0 Å². The fourth-order valence-electron chi connectivity index (χ4n) is 2.09. The number of fused-ring (bicyclic) bond motifs is 1. The maximum absolute atomic E-state index is 5.86. The molecule has 0 aliphatic rings. The number of benzene rings is 1. The van der Waals surface area contributed by atoms with Gasteiger partial charge >= 0.3 is 0 Å². The lowest BCUT2D eigenvalue weighted by atomic mass is 10.0. The lowest BCUT2D eigenvalue weighted by Gasteiger charge is -2.05. The minimum atomic E-state index is 0.212. The van der Waals surface area contributed by atoms with Crippen molar-refractivity contribution in [2.24, 2.45) is 5.73 Å². The smallest absolute Gasteiger partial charge is 0.0461 e. The molecule has 2 heteroatoms. The number of rotatable bonds is 2. The van der Waals surface area contributed by atoms with Gasteiger partial charge in [0, 0.05) is 22.6 Å². The highest BCUT2D eigenvalue weighted by molar-refractivity contribution is 5.85. The van der Waals surface area contributed by atoms with E-state index < -0.39 is 0 Å². The molecule has 0 unspecified atom stereocenters. The molecule has 15 heavy (non-hydrogen) atoms. The van der Waals surface area contributed by atoms with Crippen molar-refractivity contribution in [3.8, 4) is 0 Å². The van der Waals surface area contributed by atoms with Gasteiger partial charge in [-0.1, -0.05) is 12.1 Å². The molecule has 0 aliphatic carbocycles. The number of aryl methyl sites for hydroxylation is 2. The van der Waals surface area contributed by atoms with Crippen molar-refractivity contribution < 1.29 is 0 Å². The van der Waals surface area contributed by atoms with Crippen molar-refractivity contribution >= 4 is 10.9 Å². The molecule has 0 saturated carbocycles. The Kier molecular flexibility index (Phi) is 2.53. The molecule has 0 radical (unpaired) electrons. The highest BCUT2D eigenvalue weighted by Crippen LogP contribution is 2.23. The minimum absolute atomic E-state index is 0.212. The van der Waals surface area contributed by atoms with Gasteiger partial charge in [-0.2, -0.15) is 0 Å². The minimum Gasteiger partial charge on any atom is -0.358 e. The second-order valence-corrected chi connectivity index (χ2v) is 4.46. The molecule has 2 aromatic rings. The van der Waals surface area contributed by atoms with Crippen molar-refractivity contribution in [2.75, 3.05) is 0 Å². The van der Waals surface area contributed by atoms with E-state index >= 15 is 0 Å². The molecule has 1 aromatic heterocycles. The largest absolute Gasteiger partial charge is 0.358 e. The van der Waals surface area contributed by atoms with Gasteiger partial charge in [-0.25, -0.2) is 0 Å². The van der Waals surface area contributed by atoms with Gasteiger partial charge in [0.1, 0.15) is 0 Å². The Bertz CT molecular complexity index is 480. The molecule has 1 heterocycles. The van der Waals surface area contributed by atoms with Gasteiger partial charge in [0.25, 0.3) is 0 Å². The summed E-state index contributed by atoms with van der Waals surface area (Å²) >= 11 is 0. The van der Waals surface area contributed by atoms with Gasteiger partial charge < -0.3 is 10.7 Å². The quantitative estimate of drug-likeness (QED) is 0.772. The van der Waals surface area contributed by atoms with E-state index in [0.29, 0.717) is 0 Å². The van der Waals surface area contributed by atoms with Crippen LogP contribution in [0.2, 0.25) is 0 Å². The average molecular weight is 202 g/mol. The molecular weight excluding hydrogens is 184 g/mol. The van der Waals surface area contributed by atoms with Crippen LogP contribution in [0, 0.1) is 13.8 Å². The second-order valence-electron chi connectivity index (χ2n) is 4.46. The highest BCUT2D eigenvalue weighted by atomic mass is 14.7. The Morgan fingerprint density at radius 1 is 1.33 bits per heavy atom. The first-order valence-electron chi connectivity index (χ1n) is 5.41. The average Bonchev–Trinajstić information content (AvgIpc) is 2.41. The van der Waals surface area contributed by atoms with Gasteiger partial charge in [0.05, 0.1) is 0 Å². The summed E-state index contributed by atoms with van der Waals surface area (Å²) in [6.45, 7) is 6.28. The van der Waals surface area contributed by atoms with Crippen LogP contribution in [-0.2, 0) is 6.42 Å². The summed E-state index contributed by atoms with van der Waals surface area (Å²) < 4.78 is 0. The predicted molar refractivity (Wildman–Crippen MR) is 65.1 cm³/mol. The first-order valence-corrected chi connectivity index (χ1v) is 5.41. The third-order valence-corrected chi connectivity index (χ3v) is 2.80. The number of nitrogens with one attached hydrogen (secondary N) is 1. The molecule has 0 spiro atoms. The first-order chi connectivity index (χ1) is 7.08. The van der Waals surface area contributed by atoms with Gasteiger partial charge in [0.15, 0.2) is 0 Å². The molecule has 2 rings (SSSR count). The molecule has 2 nitrogen and oxygen atoms in total. The van der Waals surface area contributed by atoms with Crippen LogP contribution in [0.25, 0.3) is 10.9 Å². The van der Waals surface area contributed by atoms with Crippen LogP contribution < -0.4 is 5.73 Å². The molecular formula is C13H18N2. The van der Waals surface area contributed by atoms with Crippen LogP contribution in [-0.4, -0.2) is 11.0 Å². The standard InChI is InChI=1S/C13H18N2/c1-8-4-5-11-12(7-9(2)14)10(3)15-13(11)6-8/h4-6,9,15H,7,14H2,1-3H3/t9-/m0/s1. The Hall–Kier alpha value is -1.28. The summed E-state index contributed by atoms with van der Waals surface area (Å²) in [7, 11) is 0. The van der Waals surface area contributed by atoms with E-state index in [-0.39, 0.29) is 6.04 Å². The lowest BCUT2D eigenvalue weighted by Crippen LogP contribution is -2.18. The van der Waals surface area contributed by atoms with Crippen molar-refractivity contribution in [2.45, 2.75) is 33.2 Å². The number of aromatic nitrogens is 1. The maximum Gasteiger partial charge on any atom is 0.0461 e. The van der Waals surface area contributed by atoms with Crippen LogP contribution in [0.15, 0.2) is 18.2 Å². The summed E-state index contributed by atoms with van der Waals surface area (Å²) in [5, 5.41) is 1.32. The molecule has 1 aromatic carbocycles. The number of nitrogens with two attached hydrogens (primary N) is 1. The zero-order valence-corrected chi connectivity index (χ0v) is 9.59. The fraction of sp³-hybridized carbons (Fsp3) is 0.385. The molecule has 1 atom stereocenters. The van der Waals surface area contributed by atoms with Crippen LogP contribution in [0.5, 0.6) is 0 Å².